The number of hydrogen-bond acceptors (Lipinski definition) is 3. The number of imidazole rings is 1. The molecule has 0 saturated heterocycles. The zero-order valence-electron chi connectivity index (χ0n) is 12.5. The highest BCUT2D eigenvalue weighted by Crippen LogP contribution is 2.36. The van der Waals surface area contributed by atoms with Crippen LogP contribution >= 0.6 is 0 Å². The second-order valence-electron chi connectivity index (χ2n) is 6.42. The van der Waals surface area contributed by atoms with Crippen molar-refractivity contribution in [2.24, 2.45) is 0 Å². The number of fused-ring (bicyclic) bond motifs is 1. The summed E-state index contributed by atoms with van der Waals surface area (Å²) in [6, 6.07) is 1.91. The SMILES string of the molecule is CC(C)(C)[Si](C)(C)OCCc1cn2cccnc2n1. The lowest BCUT2D eigenvalue weighted by Crippen LogP contribution is -2.41. The van der Waals surface area contributed by atoms with E-state index in [0.29, 0.717) is 0 Å². The maximum absolute atomic E-state index is 6.16. The molecule has 0 N–H and O–H groups in total. The van der Waals surface area contributed by atoms with Crippen molar-refractivity contribution in [3.63, 3.8) is 0 Å². The first-order valence-electron chi connectivity index (χ1n) is 6.72. The van der Waals surface area contributed by atoms with Crippen LogP contribution in [0, 0.1) is 0 Å². The summed E-state index contributed by atoms with van der Waals surface area (Å²) in [5.74, 6) is 0.754. The Bertz CT molecular complexity index is 524. The monoisotopic (exact) mass is 277 g/mol. The predicted octanol–water partition coefficient (Wildman–Crippen LogP) is 3.29. The minimum atomic E-state index is -1.65. The lowest BCUT2D eigenvalue weighted by Gasteiger charge is -2.36. The normalized spacial score (nSPS) is 13.1. The Kier molecular flexibility index (Phi) is 3.78. The van der Waals surface area contributed by atoms with Crippen molar-refractivity contribution in [1.29, 1.82) is 0 Å². The van der Waals surface area contributed by atoms with Crippen molar-refractivity contribution >= 4 is 14.1 Å². The standard InChI is InChI=1S/C14H23N3OSi/c1-14(2,3)19(4,5)18-10-7-12-11-17-9-6-8-15-13(17)16-12/h6,8-9,11H,7,10H2,1-5H3. The van der Waals surface area contributed by atoms with Crippen LogP contribution in [0.25, 0.3) is 5.78 Å². The molecule has 4 nitrogen and oxygen atoms in total. The van der Waals surface area contributed by atoms with E-state index in [2.05, 4.69) is 43.8 Å². The van der Waals surface area contributed by atoms with Crippen molar-refractivity contribution in [2.45, 2.75) is 45.3 Å². The molecule has 0 spiro atoms. The van der Waals surface area contributed by atoms with Gasteiger partial charge in [0, 0.05) is 31.6 Å². The molecule has 0 unspecified atom stereocenters. The average molecular weight is 277 g/mol. The quantitative estimate of drug-likeness (QED) is 0.805. The third-order valence-electron chi connectivity index (χ3n) is 3.91. The van der Waals surface area contributed by atoms with E-state index in [1.165, 1.54) is 0 Å². The van der Waals surface area contributed by atoms with Crippen LogP contribution in [0.5, 0.6) is 0 Å². The van der Waals surface area contributed by atoms with E-state index in [1.54, 1.807) is 6.20 Å². The van der Waals surface area contributed by atoms with E-state index in [0.717, 1.165) is 24.5 Å². The van der Waals surface area contributed by atoms with Crippen molar-refractivity contribution in [1.82, 2.24) is 14.4 Å². The van der Waals surface area contributed by atoms with Gasteiger partial charge in [0.2, 0.25) is 5.78 Å². The second-order valence-corrected chi connectivity index (χ2v) is 11.2. The smallest absolute Gasteiger partial charge is 0.233 e. The molecule has 2 rings (SSSR count). The topological polar surface area (TPSA) is 39.4 Å². The summed E-state index contributed by atoms with van der Waals surface area (Å²) >= 11 is 0. The van der Waals surface area contributed by atoms with Crippen molar-refractivity contribution < 1.29 is 4.43 Å². The molecule has 0 aromatic carbocycles. The average Bonchev–Trinajstić information content (AvgIpc) is 2.69. The molecular weight excluding hydrogens is 254 g/mol. The van der Waals surface area contributed by atoms with Crippen LogP contribution in [0.15, 0.2) is 24.7 Å². The van der Waals surface area contributed by atoms with Crippen molar-refractivity contribution in [2.75, 3.05) is 6.61 Å². The zero-order chi connectivity index (χ0) is 14.1. The van der Waals surface area contributed by atoms with Gasteiger partial charge in [-0.25, -0.2) is 9.97 Å². The summed E-state index contributed by atoms with van der Waals surface area (Å²) in [5, 5.41) is 0.257. The lowest BCUT2D eigenvalue weighted by molar-refractivity contribution is 0.291. The van der Waals surface area contributed by atoms with Gasteiger partial charge in [-0.05, 0) is 24.2 Å². The third kappa shape index (κ3) is 3.22. The highest BCUT2D eigenvalue weighted by atomic mass is 28.4. The highest BCUT2D eigenvalue weighted by molar-refractivity contribution is 6.74. The van der Waals surface area contributed by atoms with Gasteiger partial charge >= 0.3 is 0 Å². The fraction of sp³-hybridized carbons (Fsp3) is 0.571. The number of rotatable bonds is 4. The maximum Gasteiger partial charge on any atom is 0.233 e. The van der Waals surface area contributed by atoms with Crippen molar-refractivity contribution in [3.8, 4) is 0 Å². The molecule has 0 saturated carbocycles. The molecular formula is C14H23N3OSi. The zero-order valence-corrected chi connectivity index (χ0v) is 13.5. The third-order valence-corrected chi connectivity index (χ3v) is 8.45. The molecule has 0 aliphatic heterocycles. The number of hydrogen-bond donors (Lipinski definition) is 0. The number of nitrogens with zero attached hydrogens (tertiary/aromatic N) is 3. The summed E-state index contributed by atoms with van der Waals surface area (Å²) in [6.07, 6.45) is 6.60. The lowest BCUT2D eigenvalue weighted by atomic mass is 10.2. The van der Waals surface area contributed by atoms with Crippen LogP contribution in [-0.2, 0) is 10.8 Å². The van der Waals surface area contributed by atoms with E-state index in [-0.39, 0.29) is 5.04 Å². The van der Waals surface area contributed by atoms with Gasteiger partial charge in [0.1, 0.15) is 0 Å². The summed E-state index contributed by atoms with van der Waals surface area (Å²) in [4.78, 5) is 8.70. The van der Waals surface area contributed by atoms with Gasteiger partial charge < -0.3 is 4.43 Å². The second kappa shape index (κ2) is 5.05. The Balaban J connectivity index is 1.96. The van der Waals surface area contributed by atoms with Gasteiger partial charge in [0.15, 0.2) is 8.32 Å². The molecule has 2 aromatic heterocycles. The fourth-order valence-corrected chi connectivity index (χ4v) is 2.67. The largest absolute Gasteiger partial charge is 0.416 e. The maximum atomic E-state index is 6.16. The van der Waals surface area contributed by atoms with Crippen LogP contribution in [0.2, 0.25) is 18.1 Å². The van der Waals surface area contributed by atoms with E-state index in [9.17, 15) is 0 Å². The van der Waals surface area contributed by atoms with E-state index < -0.39 is 8.32 Å². The first-order chi connectivity index (χ1) is 8.79. The fourth-order valence-electron chi connectivity index (χ4n) is 1.63. The van der Waals surface area contributed by atoms with Crippen LogP contribution < -0.4 is 0 Å². The molecule has 0 bridgehead atoms. The van der Waals surface area contributed by atoms with Gasteiger partial charge in [-0.15, -0.1) is 0 Å². The van der Waals surface area contributed by atoms with Gasteiger partial charge in [0.25, 0.3) is 0 Å². The van der Waals surface area contributed by atoms with Crippen molar-refractivity contribution in [3.05, 3.63) is 30.4 Å². The molecule has 2 heterocycles. The van der Waals surface area contributed by atoms with Gasteiger partial charge in [0.05, 0.1) is 5.69 Å². The molecule has 0 aliphatic carbocycles. The summed E-state index contributed by atoms with van der Waals surface area (Å²) in [7, 11) is -1.65. The minimum absolute atomic E-state index is 0.257. The van der Waals surface area contributed by atoms with Crippen LogP contribution in [0.4, 0.5) is 0 Å². The van der Waals surface area contributed by atoms with Gasteiger partial charge in [-0.1, -0.05) is 20.8 Å². The molecule has 0 amide bonds. The molecule has 0 aliphatic rings. The van der Waals surface area contributed by atoms with Crippen LogP contribution in [-0.4, -0.2) is 29.3 Å². The molecule has 2 aromatic rings. The Labute approximate surface area is 116 Å². The molecule has 104 valence electrons. The Morgan fingerprint density at radius 1 is 1.32 bits per heavy atom. The first-order valence-corrected chi connectivity index (χ1v) is 9.63. The molecule has 0 fully saturated rings. The Hall–Kier alpha value is -1.20. The molecule has 0 atom stereocenters. The minimum Gasteiger partial charge on any atom is -0.416 e. The van der Waals surface area contributed by atoms with E-state index >= 15 is 0 Å². The molecule has 5 heteroatoms. The molecule has 0 radical (unpaired) electrons. The Morgan fingerprint density at radius 2 is 2.05 bits per heavy atom. The predicted molar refractivity (Wildman–Crippen MR) is 79.8 cm³/mol. The summed E-state index contributed by atoms with van der Waals surface area (Å²) in [5.41, 5.74) is 1.04. The number of aromatic nitrogens is 3. The molecule has 19 heavy (non-hydrogen) atoms. The van der Waals surface area contributed by atoms with Crippen LogP contribution in [0.1, 0.15) is 26.5 Å². The van der Waals surface area contributed by atoms with Gasteiger partial charge in [-0.2, -0.15) is 0 Å². The highest BCUT2D eigenvalue weighted by Gasteiger charge is 2.36. The van der Waals surface area contributed by atoms with E-state index in [4.69, 9.17) is 4.43 Å². The summed E-state index contributed by atoms with van der Waals surface area (Å²) < 4.78 is 8.11. The van der Waals surface area contributed by atoms with E-state index in [1.807, 2.05) is 22.9 Å². The summed E-state index contributed by atoms with van der Waals surface area (Å²) in [6.45, 7) is 12.1. The van der Waals surface area contributed by atoms with Crippen LogP contribution in [0.3, 0.4) is 0 Å². The Morgan fingerprint density at radius 3 is 2.68 bits per heavy atom. The first kappa shape index (κ1) is 14.2. The van der Waals surface area contributed by atoms with Gasteiger partial charge in [-0.3, -0.25) is 4.40 Å².